The SMILES string of the molecule is COc1nn[c]cc1COC(C)(C)C. The lowest BCUT2D eigenvalue weighted by Gasteiger charge is -2.19. The molecule has 0 unspecified atom stereocenters. The fourth-order valence-corrected chi connectivity index (χ4v) is 0.877. The number of hydrogen-bond donors (Lipinski definition) is 0. The van der Waals surface area contributed by atoms with Gasteiger partial charge in [-0.3, -0.25) is 0 Å². The second-order valence-corrected chi connectivity index (χ2v) is 3.91. The second-order valence-electron chi connectivity index (χ2n) is 3.91. The first kappa shape index (κ1) is 10.9. The molecular formula is C10H15N2O2. The van der Waals surface area contributed by atoms with Gasteiger partial charge in [0.15, 0.2) is 0 Å². The summed E-state index contributed by atoms with van der Waals surface area (Å²) in [5.74, 6) is 0.494. The molecule has 1 aromatic heterocycles. The predicted molar refractivity (Wildman–Crippen MR) is 52.0 cm³/mol. The van der Waals surface area contributed by atoms with Gasteiger partial charge in [0.2, 0.25) is 5.88 Å². The topological polar surface area (TPSA) is 44.2 Å². The van der Waals surface area contributed by atoms with E-state index in [1.54, 1.807) is 13.2 Å². The van der Waals surface area contributed by atoms with Gasteiger partial charge in [0.1, 0.15) is 6.20 Å². The molecule has 0 atom stereocenters. The number of aromatic nitrogens is 2. The van der Waals surface area contributed by atoms with Crippen LogP contribution in [-0.2, 0) is 11.3 Å². The third-order valence-corrected chi connectivity index (χ3v) is 1.57. The quantitative estimate of drug-likeness (QED) is 0.734. The van der Waals surface area contributed by atoms with Gasteiger partial charge in [0.05, 0.1) is 19.3 Å². The van der Waals surface area contributed by atoms with Crippen molar-refractivity contribution in [2.45, 2.75) is 33.0 Å². The van der Waals surface area contributed by atoms with Gasteiger partial charge in [0.25, 0.3) is 0 Å². The van der Waals surface area contributed by atoms with E-state index in [-0.39, 0.29) is 5.60 Å². The van der Waals surface area contributed by atoms with Crippen LogP contribution in [0, 0.1) is 6.20 Å². The minimum Gasteiger partial charge on any atom is -0.480 e. The Morgan fingerprint density at radius 2 is 2.14 bits per heavy atom. The van der Waals surface area contributed by atoms with Gasteiger partial charge in [0, 0.05) is 5.56 Å². The maximum absolute atomic E-state index is 5.59. The van der Waals surface area contributed by atoms with E-state index in [0.29, 0.717) is 12.5 Å². The van der Waals surface area contributed by atoms with Crippen LogP contribution in [0.1, 0.15) is 26.3 Å². The summed E-state index contributed by atoms with van der Waals surface area (Å²) in [4.78, 5) is 0. The summed E-state index contributed by atoms with van der Waals surface area (Å²) in [6.07, 6.45) is 2.65. The molecule has 0 aliphatic heterocycles. The second kappa shape index (κ2) is 4.37. The lowest BCUT2D eigenvalue weighted by atomic mass is 10.2. The van der Waals surface area contributed by atoms with Gasteiger partial charge >= 0.3 is 0 Å². The fraction of sp³-hybridized carbons (Fsp3) is 0.600. The van der Waals surface area contributed by atoms with E-state index < -0.39 is 0 Å². The van der Waals surface area contributed by atoms with E-state index in [1.807, 2.05) is 20.8 Å². The highest BCUT2D eigenvalue weighted by Crippen LogP contribution is 2.17. The fourth-order valence-electron chi connectivity index (χ4n) is 0.877. The minimum absolute atomic E-state index is 0.172. The van der Waals surface area contributed by atoms with Crippen molar-refractivity contribution in [1.29, 1.82) is 0 Å². The van der Waals surface area contributed by atoms with Crippen LogP contribution in [0.25, 0.3) is 0 Å². The first-order chi connectivity index (χ1) is 6.53. The molecule has 1 radical (unpaired) electrons. The number of methoxy groups -OCH3 is 1. The first-order valence-electron chi connectivity index (χ1n) is 4.43. The van der Waals surface area contributed by atoms with Gasteiger partial charge in [-0.15, -0.1) is 10.2 Å². The maximum Gasteiger partial charge on any atom is 0.238 e. The van der Waals surface area contributed by atoms with Crippen molar-refractivity contribution in [1.82, 2.24) is 10.2 Å². The smallest absolute Gasteiger partial charge is 0.238 e. The first-order valence-corrected chi connectivity index (χ1v) is 4.43. The Morgan fingerprint density at radius 1 is 1.43 bits per heavy atom. The Balaban J connectivity index is 2.67. The average molecular weight is 195 g/mol. The third kappa shape index (κ3) is 3.30. The molecule has 0 N–H and O–H groups in total. The molecule has 0 amide bonds. The normalized spacial score (nSPS) is 11.4. The van der Waals surface area contributed by atoms with Crippen molar-refractivity contribution in [2.75, 3.05) is 7.11 Å². The number of hydrogen-bond acceptors (Lipinski definition) is 4. The van der Waals surface area contributed by atoms with Crippen molar-refractivity contribution < 1.29 is 9.47 Å². The van der Waals surface area contributed by atoms with Crippen LogP contribution in [0.2, 0.25) is 0 Å². The van der Waals surface area contributed by atoms with E-state index in [2.05, 4.69) is 16.4 Å². The zero-order chi connectivity index (χ0) is 10.6. The van der Waals surface area contributed by atoms with Crippen molar-refractivity contribution in [3.63, 3.8) is 0 Å². The number of ether oxygens (including phenoxy) is 2. The van der Waals surface area contributed by atoms with Gasteiger partial charge in [-0.25, -0.2) is 0 Å². The zero-order valence-corrected chi connectivity index (χ0v) is 9.00. The molecule has 0 aromatic carbocycles. The Labute approximate surface area is 84.3 Å². The highest BCUT2D eigenvalue weighted by atomic mass is 16.5. The number of nitrogens with zero attached hydrogens (tertiary/aromatic N) is 2. The van der Waals surface area contributed by atoms with Gasteiger partial charge < -0.3 is 9.47 Å². The molecule has 0 bridgehead atoms. The minimum atomic E-state index is -0.172. The van der Waals surface area contributed by atoms with Gasteiger partial charge in [-0.2, -0.15) is 0 Å². The lowest BCUT2D eigenvalue weighted by molar-refractivity contribution is -0.0159. The maximum atomic E-state index is 5.59. The summed E-state index contributed by atoms with van der Waals surface area (Å²) in [6.45, 7) is 6.45. The van der Waals surface area contributed by atoms with E-state index in [0.717, 1.165) is 5.56 Å². The van der Waals surface area contributed by atoms with Crippen molar-refractivity contribution in [3.8, 4) is 5.88 Å². The monoisotopic (exact) mass is 195 g/mol. The summed E-state index contributed by atoms with van der Waals surface area (Å²) >= 11 is 0. The predicted octanol–water partition coefficient (Wildman–Crippen LogP) is 1.60. The average Bonchev–Trinajstić information content (AvgIpc) is 2.14. The van der Waals surface area contributed by atoms with Crippen LogP contribution >= 0.6 is 0 Å². The summed E-state index contributed by atoms with van der Waals surface area (Å²) in [6, 6.07) is 1.72. The van der Waals surface area contributed by atoms with E-state index in [1.165, 1.54) is 0 Å². The van der Waals surface area contributed by atoms with Crippen LogP contribution in [0.3, 0.4) is 0 Å². The Hall–Kier alpha value is -1.16. The molecule has 0 saturated heterocycles. The van der Waals surface area contributed by atoms with E-state index in [9.17, 15) is 0 Å². The molecule has 0 spiro atoms. The lowest BCUT2D eigenvalue weighted by Crippen LogP contribution is -2.19. The van der Waals surface area contributed by atoms with Gasteiger partial charge in [-0.1, -0.05) is 0 Å². The summed E-state index contributed by atoms with van der Waals surface area (Å²) in [5.41, 5.74) is 0.686. The van der Waals surface area contributed by atoms with Crippen LogP contribution in [0.5, 0.6) is 5.88 Å². The molecule has 0 aliphatic rings. The summed E-state index contributed by atoms with van der Waals surface area (Å²) < 4.78 is 10.6. The standard InChI is InChI=1S/C10H15N2O2/c1-10(2,3)14-7-8-5-6-11-12-9(8)13-4/h5H,7H2,1-4H3. The molecule has 1 rings (SSSR count). The van der Waals surface area contributed by atoms with Crippen molar-refractivity contribution in [2.24, 2.45) is 0 Å². The van der Waals surface area contributed by atoms with Crippen LogP contribution in [0.15, 0.2) is 6.07 Å². The Morgan fingerprint density at radius 3 is 2.71 bits per heavy atom. The van der Waals surface area contributed by atoms with E-state index in [4.69, 9.17) is 9.47 Å². The van der Waals surface area contributed by atoms with Gasteiger partial charge in [-0.05, 0) is 26.8 Å². The largest absolute Gasteiger partial charge is 0.480 e. The molecule has 0 aliphatic carbocycles. The summed E-state index contributed by atoms with van der Waals surface area (Å²) in [5, 5.41) is 7.40. The molecular weight excluding hydrogens is 180 g/mol. The van der Waals surface area contributed by atoms with Crippen LogP contribution in [-0.4, -0.2) is 22.9 Å². The molecule has 4 nitrogen and oxygen atoms in total. The Bertz CT molecular complexity index is 294. The van der Waals surface area contributed by atoms with Crippen LogP contribution in [0.4, 0.5) is 0 Å². The zero-order valence-electron chi connectivity index (χ0n) is 9.00. The molecule has 1 heterocycles. The summed E-state index contributed by atoms with van der Waals surface area (Å²) in [7, 11) is 1.56. The molecule has 0 fully saturated rings. The highest BCUT2D eigenvalue weighted by Gasteiger charge is 2.12. The molecule has 14 heavy (non-hydrogen) atoms. The van der Waals surface area contributed by atoms with Crippen LogP contribution < -0.4 is 4.74 Å². The molecule has 1 aromatic rings. The van der Waals surface area contributed by atoms with E-state index >= 15 is 0 Å². The molecule has 0 saturated carbocycles. The molecule has 77 valence electrons. The van der Waals surface area contributed by atoms with Crippen molar-refractivity contribution in [3.05, 3.63) is 17.8 Å². The highest BCUT2D eigenvalue weighted by molar-refractivity contribution is 5.21. The third-order valence-electron chi connectivity index (χ3n) is 1.57. The van der Waals surface area contributed by atoms with Crippen molar-refractivity contribution >= 4 is 0 Å². The molecule has 4 heteroatoms. The number of rotatable bonds is 3. The Kier molecular flexibility index (Phi) is 3.41.